The first kappa shape index (κ1) is 14.5. The number of amides is 1. The molecule has 0 fully saturated rings. The van der Waals surface area contributed by atoms with Crippen molar-refractivity contribution < 1.29 is 4.79 Å². The second kappa shape index (κ2) is 6.05. The third kappa shape index (κ3) is 2.82. The Morgan fingerprint density at radius 2 is 2.15 bits per heavy atom. The van der Waals surface area contributed by atoms with Gasteiger partial charge in [0.1, 0.15) is 5.82 Å². The fourth-order valence-corrected chi connectivity index (χ4v) is 2.21. The van der Waals surface area contributed by atoms with E-state index in [0.717, 1.165) is 0 Å². The van der Waals surface area contributed by atoms with E-state index in [1.54, 1.807) is 18.2 Å². The summed E-state index contributed by atoms with van der Waals surface area (Å²) in [5.41, 5.74) is 5.58. The number of alkyl halides is 1. The number of primary amides is 1. The molecular formula is C14H16ClN3O2. The topological polar surface area (TPSA) is 78.0 Å². The number of para-hydroxylation sites is 1. The number of hydrogen-bond acceptors (Lipinski definition) is 3. The summed E-state index contributed by atoms with van der Waals surface area (Å²) in [5, 5.41) is 0.140. The van der Waals surface area contributed by atoms with Crippen LogP contribution in [0.1, 0.15) is 31.0 Å². The van der Waals surface area contributed by atoms with Crippen molar-refractivity contribution in [2.45, 2.75) is 31.7 Å². The van der Waals surface area contributed by atoms with Crippen LogP contribution in [-0.4, -0.2) is 15.5 Å². The van der Waals surface area contributed by atoms with Crippen LogP contribution in [0.4, 0.5) is 0 Å². The fourth-order valence-electron chi connectivity index (χ4n) is 2.04. The van der Waals surface area contributed by atoms with E-state index in [2.05, 4.69) is 4.98 Å². The van der Waals surface area contributed by atoms with E-state index in [1.807, 2.05) is 13.0 Å². The van der Waals surface area contributed by atoms with E-state index < -0.39 is 5.91 Å². The molecule has 0 saturated heterocycles. The van der Waals surface area contributed by atoms with Gasteiger partial charge in [-0.15, -0.1) is 11.6 Å². The van der Waals surface area contributed by atoms with Crippen LogP contribution in [0.5, 0.6) is 0 Å². The van der Waals surface area contributed by atoms with Gasteiger partial charge in [0.15, 0.2) is 0 Å². The fraction of sp³-hybridized carbons (Fsp3) is 0.357. The van der Waals surface area contributed by atoms with Crippen LogP contribution >= 0.6 is 11.6 Å². The number of nitrogens with zero attached hydrogens (tertiary/aromatic N) is 2. The highest BCUT2D eigenvalue weighted by Crippen LogP contribution is 2.22. The molecule has 1 amide bonds. The summed E-state index contributed by atoms with van der Waals surface area (Å²) in [6.45, 7) is 2.11. The zero-order chi connectivity index (χ0) is 14.7. The van der Waals surface area contributed by atoms with Crippen molar-refractivity contribution in [2.75, 3.05) is 0 Å². The number of rotatable bonds is 5. The second-order valence-electron chi connectivity index (χ2n) is 4.54. The zero-order valence-electron chi connectivity index (χ0n) is 11.2. The minimum absolute atomic E-state index is 0.0836. The number of hydrogen-bond donors (Lipinski definition) is 1. The SMILES string of the molecule is CCC(Cl)c1nc2ccccc2c(=O)n1CCC(N)=O. The van der Waals surface area contributed by atoms with E-state index in [-0.39, 0.29) is 23.9 Å². The quantitative estimate of drug-likeness (QED) is 0.856. The van der Waals surface area contributed by atoms with Gasteiger partial charge in [0, 0.05) is 13.0 Å². The van der Waals surface area contributed by atoms with E-state index >= 15 is 0 Å². The first-order valence-corrected chi connectivity index (χ1v) is 6.90. The lowest BCUT2D eigenvalue weighted by atomic mass is 10.2. The minimum Gasteiger partial charge on any atom is -0.370 e. The highest BCUT2D eigenvalue weighted by atomic mass is 35.5. The molecule has 20 heavy (non-hydrogen) atoms. The molecule has 1 heterocycles. The van der Waals surface area contributed by atoms with Crippen molar-refractivity contribution in [2.24, 2.45) is 5.73 Å². The van der Waals surface area contributed by atoms with Gasteiger partial charge in [-0.25, -0.2) is 4.98 Å². The Morgan fingerprint density at radius 3 is 2.80 bits per heavy atom. The van der Waals surface area contributed by atoms with Crippen LogP contribution in [0.3, 0.4) is 0 Å². The van der Waals surface area contributed by atoms with Crippen molar-refractivity contribution in [1.82, 2.24) is 9.55 Å². The molecule has 1 aromatic carbocycles. The first-order valence-electron chi connectivity index (χ1n) is 6.46. The van der Waals surface area contributed by atoms with Crippen molar-refractivity contribution in [3.63, 3.8) is 0 Å². The van der Waals surface area contributed by atoms with E-state index in [9.17, 15) is 9.59 Å². The summed E-state index contributed by atoms with van der Waals surface area (Å²) >= 11 is 6.25. The summed E-state index contributed by atoms with van der Waals surface area (Å²) in [6, 6.07) is 7.09. The van der Waals surface area contributed by atoms with E-state index in [0.29, 0.717) is 23.1 Å². The molecule has 6 heteroatoms. The third-order valence-corrected chi connectivity index (χ3v) is 3.62. The molecule has 2 aromatic rings. The number of nitrogens with two attached hydrogens (primary N) is 1. The average Bonchev–Trinajstić information content (AvgIpc) is 2.45. The zero-order valence-corrected chi connectivity index (χ0v) is 11.9. The highest BCUT2D eigenvalue weighted by Gasteiger charge is 2.16. The van der Waals surface area contributed by atoms with Crippen molar-refractivity contribution >= 4 is 28.4 Å². The molecule has 0 radical (unpaired) electrons. The van der Waals surface area contributed by atoms with Crippen LogP contribution in [0.25, 0.3) is 10.9 Å². The predicted octanol–water partition coefficient (Wildman–Crippen LogP) is 1.96. The molecule has 0 spiro atoms. The Hall–Kier alpha value is -1.88. The van der Waals surface area contributed by atoms with E-state index in [1.165, 1.54) is 4.57 Å². The van der Waals surface area contributed by atoms with Crippen LogP contribution in [0.15, 0.2) is 29.1 Å². The maximum atomic E-state index is 12.5. The van der Waals surface area contributed by atoms with E-state index in [4.69, 9.17) is 17.3 Å². The standard InChI is InChI=1S/C14H16ClN3O2/c1-2-10(15)13-17-11-6-4-3-5-9(11)14(20)18(13)8-7-12(16)19/h3-6,10H,2,7-8H2,1H3,(H2,16,19). The van der Waals surface area contributed by atoms with Gasteiger partial charge >= 0.3 is 0 Å². The predicted molar refractivity (Wildman–Crippen MR) is 78.7 cm³/mol. The number of aromatic nitrogens is 2. The van der Waals surface area contributed by atoms with Gasteiger partial charge in [-0.1, -0.05) is 19.1 Å². The van der Waals surface area contributed by atoms with Gasteiger partial charge in [0.2, 0.25) is 5.91 Å². The maximum absolute atomic E-state index is 12.5. The molecule has 0 aliphatic heterocycles. The van der Waals surface area contributed by atoms with Crippen LogP contribution in [0, 0.1) is 0 Å². The largest absolute Gasteiger partial charge is 0.370 e. The number of carbonyl (C=O) groups is 1. The summed E-state index contributed by atoms with van der Waals surface area (Å²) in [5.74, 6) is 0.0257. The molecule has 0 saturated carbocycles. The summed E-state index contributed by atoms with van der Waals surface area (Å²) in [4.78, 5) is 27.9. The van der Waals surface area contributed by atoms with Crippen molar-refractivity contribution in [3.8, 4) is 0 Å². The molecule has 1 aromatic heterocycles. The monoisotopic (exact) mass is 293 g/mol. The minimum atomic E-state index is -0.460. The first-order chi connectivity index (χ1) is 9.54. The van der Waals surface area contributed by atoms with Gasteiger partial charge in [0.05, 0.1) is 16.3 Å². The highest BCUT2D eigenvalue weighted by molar-refractivity contribution is 6.20. The summed E-state index contributed by atoms with van der Waals surface area (Å²) in [6.07, 6.45) is 0.725. The molecular weight excluding hydrogens is 278 g/mol. The Balaban J connectivity index is 2.63. The lowest BCUT2D eigenvalue weighted by Gasteiger charge is -2.15. The average molecular weight is 294 g/mol. The van der Waals surface area contributed by atoms with Gasteiger partial charge in [-0.05, 0) is 18.6 Å². The van der Waals surface area contributed by atoms with Crippen LogP contribution in [0.2, 0.25) is 0 Å². The molecule has 106 valence electrons. The molecule has 1 unspecified atom stereocenters. The number of fused-ring (bicyclic) bond motifs is 1. The van der Waals surface area contributed by atoms with Gasteiger partial charge < -0.3 is 5.73 Å². The molecule has 0 aliphatic rings. The Labute approximate surface area is 121 Å². The van der Waals surface area contributed by atoms with Gasteiger partial charge in [0.25, 0.3) is 5.56 Å². The number of halogens is 1. The molecule has 5 nitrogen and oxygen atoms in total. The summed E-state index contributed by atoms with van der Waals surface area (Å²) in [7, 11) is 0. The smallest absolute Gasteiger partial charge is 0.261 e. The summed E-state index contributed by atoms with van der Waals surface area (Å²) < 4.78 is 1.45. The molecule has 1 atom stereocenters. The lowest BCUT2D eigenvalue weighted by molar-refractivity contribution is -0.118. The normalized spacial score (nSPS) is 12.5. The Kier molecular flexibility index (Phi) is 4.39. The second-order valence-corrected chi connectivity index (χ2v) is 5.06. The van der Waals surface area contributed by atoms with Crippen LogP contribution < -0.4 is 11.3 Å². The molecule has 0 bridgehead atoms. The Bertz CT molecular complexity index is 696. The maximum Gasteiger partial charge on any atom is 0.261 e. The van der Waals surface area contributed by atoms with Gasteiger partial charge in [-0.3, -0.25) is 14.2 Å². The van der Waals surface area contributed by atoms with Crippen LogP contribution in [-0.2, 0) is 11.3 Å². The van der Waals surface area contributed by atoms with Crippen molar-refractivity contribution in [3.05, 3.63) is 40.4 Å². The molecule has 2 N–H and O–H groups in total. The van der Waals surface area contributed by atoms with Gasteiger partial charge in [-0.2, -0.15) is 0 Å². The number of benzene rings is 1. The van der Waals surface area contributed by atoms with Crippen molar-refractivity contribution in [1.29, 1.82) is 0 Å². The molecule has 0 aliphatic carbocycles. The lowest BCUT2D eigenvalue weighted by Crippen LogP contribution is -2.28. The Morgan fingerprint density at radius 1 is 1.45 bits per heavy atom. The molecule has 2 rings (SSSR count). The third-order valence-electron chi connectivity index (χ3n) is 3.11. The number of carbonyl (C=O) groups excluding carboxylic acids is 1.